The van der Waals surface area contributed by atoms with Crippen LogP contribution in [0, 0.1) is 10.8 Å². The molecule has 1 aliphatic heterocycles. The number of nitrogens with one attached hydrogen (secondary N) is 2. The molecule has 4 N–H and O–H groups in total. The molecule has 0 unspecified atom stereocenters. The molecule has 0 saturated carbocycles. The molecule has 2 rings (SSSR count). The van der Waals surface area contributed by atoms with Crippen molar-refractivity contribution in [3.8, 4) is 0 Å². The Kier molecular flexibility index (Phi) is 5.23. The predicted molar refractivity (Wildman–Crippen MR) is 77.7 cm³/mol. The number of nitrogens with zero attached hydrogens (tertiary/aromatic N) is 2. The zero-order chi connectivity index (χ0) is 14.5. The van der Waals surface area contributed by atoms with E-state index >= 15 is 0 Å². The lowest BCUT2D eigenvalue weighted by Crippen LogP contribution is -2.45. The summed E-state index contributed by atoms with van der Waals surface area (Å²) in [5, 5.41) is 10.9. The van der Waals surface area contributed by atoms with Gasteiger partial charge in [0.25, 0.3) is 0 Å². The van der Waals surface area contributed by atoms with E-state index in [1.54, 1.807) is 6.92 Å². The third kappa shape index (κ3) is 3.64. The van der Waals surface area contributed by atoms with Crippen LogP contribution in [-0.2, 0) is 4.74 Å². The largest absolute Gasteiger partial charge is 0.383 e. The quantitative estimate of drug-likeness (QED) is 0.723. The van der Waals surface area contributed by atoms with Crippen LogP contribution in [0.1, 0.15) is 33.3 Å². The van der Waals surface area contributed by atoms with Crippen LogP contribution in [0.25, 0.3) is 0 Å². The fourth-order valence-electron chi connectivity index (χ4n) is 1.75. The van der Waals surface area contributed by atoms with Crippen LogP contribution in [0.5, 0.6) is 0 Å². The van der Waals surface area contributed by atoms with Gasteiger partial charge in [-0.1, -0.05) is 20.8 Å². The van der Waals surface area contributed by atoms with E-state index in [9.17, 15) is 0 Å². The first-order valence-electron chi connectivity index (χ1n) is 6.49. The number of nitrogen functional groups attached to an aromatic ring is 1. The Hall–Kier alpha value is -1.69. The van der Waals surface area contributed by atoms with E-state index in [2.05, 4.69) is 22.2 Å². The minimum absolute atomic E-state index is 0.146. The van der Waals surface area contributed by atoms with Crippen LogP contribution in [0.15, 0.2) is 6.33 Å². The van der Waals surface area contributed by atoms with Gasteiger partial charge in [-0.15, -0.1) is 0 Å². The molecule has 0 amide bonds. The Morgan fingerprint density at radius 1 is 1.47 bits per heavy atom. The standard InChI is InChI=1S/C11H17N5O.C2H6/c1-7(12)8-9(13)15-6-16-10(8)14-3-11(2)4-17-5-11;1-2/h6,12H,3-5H2,1-2H3,(H3,13,14,15,16);1-2H3. The minimum atomic E-state index is 0.146. The Morgan fingerprint density at radius 2 is 2.11 bits per heavy atom. The van der Waals surface area contributed by atoms with Gasteiger partial charge in [0, 0.05) is 17.7 Å². The van der Waals surface area contributed by atoms with Gasteiger partial charge in [-0.25, -0.2) is 9.97 Å². The normalized spacial score (nSPS) is 15.8. The lowest BCUT2D eigenvalue weighted by Gasteiger charge is -2.38. The van der Waals surface area contributed by atoms with Crippen molar-refractivity contribution in [2.75, 3.05) is 30.8 Å². The third-order valence-electron chi connectivity index (χ3n) is 2.84. The average Bonchev–Trinajstić information content (AvgIpc) is 2.36. The van der Waals surface area contributed by atoms with E-state index in [0.717, 1.165) is 19.8 Å². The molecule has 0 aliphatic carbocycles. The van der Waals surface area contributed by atoms with Crippen molar-refractivity contribution in [2.45, 2.75) is 27.7 Å². The van der Waals surface area contributed by atoms with Crippen molar-refractivity contribution in [2.24, 2.45) is 5.41 Å². The number of anilines is 2. The summed E-state index contributed by atoms with van der Waals surface area (Å²) in [6, 6.07) is 0. The molecule has 2 heterocycles. The fourth-order valence-corrected chi connectivity index (χ4v) is 1.75. The first-order valence-corrected chi connectivity index (χ1v) is 6.49. The number of hydrogen-bond acceptors (Lipinski definition) is 6. The van der Waals surface area contributed by atoms with Crippen molar-refractivity contribution in [1.82, 2.24) is 9.97 Å². The van der Waals surface area contributed by atoms with E-state index in [0.29, 0.717) is 22.9 Å². The zero-order valence-corrected chi connectivity index (χ0v) is 12.1. The molecule has 6 nitrogen and oxygen atoms in total. The Bertz CT molecular complexity index is 443. The first-order chi connectivity index (χ1) is 9.02. The van der Waals surface area contributed by atoms with Gasteiger partial charge in [0.05, 0.1) is 18.8 Å². The second kappa shape index (κ2) is 6.47. The van der Waals surface area contributed by atoms with Crippen molar-refractivity contribution in [1.29, 1.82) is 5.41 Å². The SMILES string of the molecule is CC.CC(=N)c1c(N)ncnc1NCC1(C)COC1. The Labute approximate surface area is 114 Å². The molecule has 1 saturated heterocycles. The molecule has 1 aliphatic rings. The number of nitrogens with two attached hydrogens (primary N) is 1. The zero-order valence-electron chi connectivity index (χ0n) is 12.1. The van der Waals surface area contributed by atoms with Gasteiger partial charge in [-0.2, -0.15) is 0 Å². The van der Waals surface area contributed by atoms with E-state index in [-0.39, 0.29) is 5.41 Å². The van der Waals surface area contributed by atoms with Crippen LogP contribution in [0.3, 0.4) is 0 Å². The summed E-state index contributed by atoms with van der Waals surface area (Å²) < 4.78 is 5.19. The van der Waals surface area contributed by atoms with Crippen LogP contribution < -0.4 is 11.1 Å². The fraction of sp³-hybridized carbons (Fsp3) is 0.615. The van der Waals surface area contributed by atoms with Gasteiger partial charge in [0.15, 0.2) is 0 Å². The smallest absolute Gasteiger partial charge is 0.140 e. The summed E-state index contributed by atoms with van der Waals surface area (Å²) in [4.78, 5) is 8.04. The van der Waals surface area contributed by atoms with E-state index in [1.807, 2.05) is 13.8 Å². The number of ether oxygens (including phenoxy) is 1. The highest BCUT2D eigenvalue weighted by Gasteiger charge is 2.33. The second-order valence-corrected chi connectivity index (χ2v) is 4.76. The highest BCUT2D eigenvalue weighted by Crippen LogP contribution is 2.27. The lowest BCUT2D eigenvalue weighted by molar-refractivity contribution is -0.0924. The molecule has 1 aromatic rings. The predicted octanol–water partition coefficient (Wildman–Crippen LogP) is 1.92. The highest BCUT2D eigenvalue weighted by molar-refractivity contribution is 6.04. The van der Waals surface area contributed by atoms with Gasteiger partial charge in [0.1, 0.15) is 18.0 Å². The first kappa shape index (κ1) is 15.4. The maximum atomic E-state index is 7.69. The summed E-state index contributed by atoms with van der Waals surface area (Å²) >= 11 is 0. The number of hydrogen-bond donors (Lipinski definition) is 3. The monoisotopic (exact) mass is 265 g/mol. The lowest BCUT2D eigenvalue weighted by atomic mass is 9.89. The molecule has 0 atom stereocenters. The summed E-state index contributed by atoms with van der Waals surface area (Å²) in [5.74, 6) is 0.961. The van der Waals surface area contributed by atoms with E-state index in [4.69, 9.17) is 15.9 Å². The van der Waals surface area contributed by atoms with Crippen LogP contribution in [-0.4, -0.2) is 35.4 Å². The van der Waals surface area contributed by atoms with Gasteiger partial charge < -0.3 is 21.2 Å². The third-order valence-corrected chi connectivity index (χ3v) is 2.84. The maximum Gasteiger partial charge on any atom is 0.140 e. The molecular formula is C13H23N5O. The molecule has 0 bridgehead atoms. The van der Waals surface area contributed by atoms with Crippen molar-refractivity contribution >= 4 is 17.3 Å². The number of aromatic nitrogens is 2. The molecule has 1 fully saturated rings. The van der Waals surface area contributed by atoms with Crippen LogP contribution in [0.4, 0.5) is 11.6 Å². The van der Waals surface area contributed by atoms with E-state index < -0.39 is 0 Å². The summed E-state index contributed by atoms with van der Waals surface area (Å²) in [6.07, 6.45) is 1.41. The molecule has 0 radical (unpaired) electrons. The molecule has 6 heteroatoms. The second-order valence-electron chi connectivity index (χ2n) is 4.76. The van der Waals surface area contributed by atoms with Gasteiger partial charge in [0.2, 0.25) is 0 Å². The minimum Gasteiger partial charge on any atom is -0.383 e. The molecule has 0 aromatic carbocycles. The van der Waals surface area contributed by atoms with Crippen LogP contribution >= 0.6 is 0 Å². The van der Waals surface area contributed by atoms with Crippen molar-refractivity contribution < 1.29 is 4.74 Å². The topological polar surface area (TPSA) is 96.9 Å². The van der Waals surface area contributed by atoms with E-state index in [1.165, 1.54) is 6.33 Å². The Morgan fingerprint density at radius 3 is 2.58 bits per heavy atom. The van der Waals surface area contributed by atoms with Crippen molar-refractivity contribution in [3.63, 3.8) is 0 Å². The molecular weight excluding hydrogens is 242 g/mol. The van der Waals surface area contributed by atoms with Crippen LogP contribution in [0.2, 0.25) is 0 Å². The summed E-state index contributed by atoms with van der Waals surface area (Å²) in [5.41, 5.74) is 6.84. The Balaban J connectivity index is 0.000000861. The molecule has 106 valence electrons. The molecule has 0 spiro atoms. The summed E-state index contributed by atoms with van der Waals surface area (Å²) in [7, 11) is 0. The number of rotatable bonds is 4. The summed E-state index contributed by atoms with van der Waals surface area (Å²) in [6.45, 7) is 10.1. The maximum absolute atomic E-state index is 7.69. The van der Waals surface area contributed by atoms with Gasteiger partial charge >= 0.3 is 0 Å². The average molecular weight is 265 g/mol. The van der Waals surface area contributed by atoms with Gasteiger partial charge in [-0.3, -0.25) is 0 Å². The van der Waals surface area contributed by atoms with Crippen molar-refractivity contribution in [3.05, 3.63) is 11.9 Å². The highest BCUT2D eigenvalue weighted by atomic mass is 16.5. The molecule has 1 aromatic heterocycles. The van der Waals surface area contributed by atoms with Gasteiger partial charge in [-0.05, 0) is 6.92 Å². The molecule has 19 heavy (non-hydrogen) atoms.